The molecule has 0 spiro atoms. The number of carbonyl (C=O) groups excluding carboxylic acids is 1. The second-order valence-corrected chi connectivity index (χ2v) is 26.4. The number of hydrogen-bond acceptors (Lipinski definition) is 13. The molecular formula is C74H139NO13. The molecule has 2 aliphatic heterocycles. The fourth-order valence-corrected chi connectivity index (χ4v) is 12.4. The van der Waals surface area contributed by atoms with E-state index in [1.165, 1.54) is 263 Å². The van der Waals surface area contributed by atoms with Gasteiger partial charge in [-0.25, -0.2) is 0 Å². The standard InChI is InChI=1S/C74H139NO13/c1-3-5-7-9-11-13-15-17-19-21-23-25-27-29-30-31-32-34-36-38-40-42-44-46-48-50-52-54-56-58-66(79)75-62(61-85-73-71(84)69(82)72(65(60-77)87-73)88-74-70(83)68(81)67(80)64(59-76)86-74)63(78)57-55-53-51-49-47-45-43-41-39-37-35-33-28-26-24-22-20-18-16-14-12-10-8-6-4-2/h15,17,21,23,55,57,62-65,67-74,76-78,80-84H,3-14,16,18-20,22,24-54,56,58-61H2,1-2H3,(H,75,79)/b17-15-,23-21-,57-55+. The van der Waals surface area contributed by atoms with Gasteiger partial charge in [-0.3, -0.25) is 4.79 Å². The van der Waals surface area contributed by atoms with Gasteiger partial charge in [0.25, 0.3) is 0 Å². The fraction of sp³-hybridized carbons (Fsp3) is 0.905. The van der Waals surface area contributed by atoms with Crippen molar-refractivity contribution in [2.24, 2.45) is 0 Å². The Labute approximate surface area is 538 Å². The Balaban J connectivity index is 1.65. The Bertz CT molecular complexity index is 1620. The molecule has 0 bridgehead atoms. The van der Waals surface area contributed by atoms with Crippen molar-refractivity contribution in [2.75, 3.05) is 19.8 Å². The summed E-state index contributed by atoms with van der Waals surface area (Å²) in [7, 11) is 0. The maximum atomic E-state index is 13.4. The second kappa shape index (κ2) is 59.0. The Morgan fingerprint density at radius 3 is 1.14 bits per heavy atom. The van der Waals surface area contributed by atoms with Gasteiger partial charge in [-0.15, -0.1) is 0 Å². The topological polar surface area (TPSA) is 228 Å². The third-order valence-corrected chi connectivity index (χ3v) is 18.3. The molecule has 9 N–H and O–H groups in total. The molecule has 88 heavy (non-hydrogen) atoms. The molecular weight excluding hydrogens is 1110 g/mol. The van der Waals surface area contributed by atoms with E-state index in [-0.39, 0.29) is 18.9 Å². The predicted molar refractivity (Wildman–Crippen MR) is 360 cm³/mol. The third-order valence-electron chi connectivity index (χ3n) is 18.3. The number of hydrogen-bond donors (Lipinski definition) is 9. The van der Waals surface area contributed by atoms with Gasteiger partial charge in [0.2, 0.25) is 5.91 Å². The first-order valence-corrected chi connectivity index (χ1v) is 37.2. The maximum Gasteiger partial charge on any atom is 0.220 e. The summed E-state index contributed by atoms with van der Waals surface area (Å²) >= 11 is 0. The summed E-state index contributed by atoms with van der Waals surface area (Å²) in [6.07, 6.45) is 59.2. The van der Waals surface area contributed by atoms with Crippen LogP contribution in [0.1, 0.15) is 335 Å². The van der Waals surface area contributed by atoms with Crippen molar-refractivity contribution < 1.29 is 64.6 Å². The molecule has 0 aromatic rings. The Morgan fingerprint density at radius 2 is 0.750 bits per heavy atom. The molecule has 0 aromatic carbocycles. The quantitative estimate of drug-likeness (QED) is 0.0204. The zero-order valence-electron chi connectivity index (χ0n) is 56.5. The van der Waals surface area contributed by atoms with Crippen molar-refractivity contribution in [1.82, 2.24) is 5.32 Å². The van der Waals surface area contributed by atoms with Gasteiger partial charge in [-0.05, 0) is 51.4 Å². The zero-order chi connectivity index (χ0) is 63.8. The van der Waals surface area contributed by atoms with Crippen molar-refractivity contribution >= 4 is 5.91 Å². The molecule has 0 aliphatic carbocycles. The van der Waals surface area contributed by atoms with Gasteiger partial charge >= 0.3 is 0 Å². The normalized spacial score (nSPS) is 23.3. The molecule has 2 fully saturated rings. The number of unbranched alkanes of at least 4 members (excludes halogenated alkanes) is 45. The highest BCUT2D eigenvalue weighted by molar-refractivity contribution is 5.76. The van der Waals surface area contributed by atoms with E-state index in [1.54, 1.807) is 6.08 Å². The number of amides is 1. The fourth-order valence-electron chi connectivity index (χ4n) is 12.4. The van der Waals surface area contributed by atoms with Gasteiger partial charge in [0.05, 0.1) is 32.0 Å². The molecule has 12 unspecified atom stereocenters. The van der Waals surface area contributed by atoms with Gasteiger partial charge in [0, 0.05) is 6.42 Å². The molecule has 518 valence electrons. The maximum absolute atomic E-state index is 13.4. The summed E-state index contributed by atoms with van der Waals surface area (Å²) in [5, 5.41) is 87.6. The lowest BCUT2D eigenvalue weighted by Crippen LogP contribution is -2.65. The number of allylic oxidation sites excluding steroid dienone is 5. The van der Waals surface area contributed by atoms with Crippen molar-refractivity contribution in [2.45, 2.75) is 408 Å². The summed E-state index contributed by atoms with van der Waals surface area (Å²) in [5.74, 6) is -0.233. The Morgan fingerprint density at radius 1 is 0.409 bits per heavy atom. The second-order valence-electron chi connectivity index (χ2n) is 26.4. The minimum Gasteiger partial charge on any atom is -0.394 e. The molecule has 1 amide bonds. The first-order valence-electron chi connectivity index (χ1n) is 37.2. The van der Waals surface area contributed by atoms with Crippen LogP contribution in [0.5, 0.6) is 0 Å². The highest BCUT2D eigenvalue weighted by Gasteiger charge is 2.51. The smallest absolute Gasteiger partial charge is 0.220 e. The minimum atomic E-state index is -1.79. The Hall–Kier alpha value is -1.79. The van der Waals surface area contributed by atoms with Crippen LogP contribution in [0.2, 0.25) is 0 Å². The van der Waals surface area contributed by atoms with Gasteiger partial charge < -0.3 is 65.1 Å². The predicted octanol–water partition coefficient (Wildman–Crippen LogP) is 15.7. The summed E-state index contributed by atoms with van der Waals surface area (Å²) in [4.78, 5) is 13.4. The molecule has 0 saturated carbocycles. The van der Waals surface area contributed by atoms with Crippen LogP contribution in [-0.4, -0.2) is 140 Å². The molecule has 2 saturated heterocycles. The van der Waals surface area contributed by atoms with Crippen molar-refractivity contribution in [3.8, 4) is 0 Å². The lowest BCUT2D eigenvalue weighted by Gasteiger charge is -2.46. The first kappa shape index (κ1) is 82.3. The Kier molecular flexibility index (Phi) is 55.2. The number of rotatable bonds is 62. The van der Waals surface area contributed by atoms with Crippen LogP contribution in [0, 0.1) is 0 Å². The van der Waals surface area contributed by atoms with E-state index in [0.29, 0.717) is 6.42 Å². The third kappa shape index (κ3) is 42.4. The van der Waals surface area contributed by atoms with Gasteiger partial charge in [0.15, 0.2) is 12.6 Å². The lowest BCUT2D eigenvalue weighted by molar-refractivity contribution is -0.359. The highest BCUT2D eigenvalue weighted by atomic mass is 16.7. The largest absolute Gasteiger partial charge is 0.394 e. The van der Waals surface area contributed by atoms with E-state index in [4.69, 9.17) is 18.9 Å². The van der Waals surface area contributed by atoms with E-state index in [2.05, 4.69) is 43.5 Å². The number of carbonyl (C=O) groups is 1. The highest BCUT2D eigenvalue weighted by Crippen LogP contribution is 2.30. The number of aliphatic hydroxyl groups is 8. The van der Waals surface area contributed by atoms with Crippen LogP contribution in [0.3, 0.4) is 0 Å². The number of ether oxygens (including phenoxy) is 4. The molecule has 14 heteroatoms. The van der Waals surface area contributed by atoms with Crippen molar-refractivity contribution in [3.63, 3.8) is 0 Å². The van der Waals surface area contributed by atoms with Crippen LogP contribution >= 0.6 is 0 Å². The van der Waals surface area contributed by atoms with E-state index < -0.39 is 86.8 Å². The summed E-state index contributed by atoms with van der Waals surface area (Å²) in [6, 6.07) is -0.915. The summed E-state index contributed by atoms with van der Waals surface area (Å²) < 4.78 is 22.9. The van der Waals surface area contributed by atoms with Gasteiger partial charge in [0.1, 0.15) is 48.8 Å². The average molecular weight is 1250 g/mol. The minimum absolute atomic E-state index is 0.233. The molecule has 2 rings (SSSR count). The average Bonchev–Trinajstić information content (AvgIpc) is 2.07. The summed E-state index contributed by atoms with van der Waals surface area (Å²) in [5.41, 5.74) is 0. The van der Waals surface area contributed by atoms with Gasteiger partial charge in [-0.1, -0.05) is 314 Å². The lowest BCUT2D eigenvalue weighted by atomic mass is 9.97. The molecule has 0 aromatic heterocycles. The monoisotopic (exact) mass is 1250 g/mol. The SMILES string of the molecule is CCCCCCC/C=C\C/C=C\CCCCCCCCCCCCCCCCCCCC(=O)NC(COC1OC(CO)C(OC2OC(CO)C(O)C(O)C2O)C(O)C1O)C(O)/C=C/CCCCCCCCCCCCCCCCCCCCCCCCC. The van der Waals surface area contributed by atoms with Gasteiger partial charge in [-0.2, -0.15) is 0 Å². The van der Waals surface area contributed by atoms with Crippen LogP contribution in [-0.2, 0) is 23.7 Å². The van der Waals surface area contributed by atoms with Crippen molar-refractivity contribution in [3.05, 3.63) is 36.5 Å². The van der Waals surface area contributed by atoms with E-state index in [9.17, 15) is 45.6 Å². The summed E-state index contributed by atoms with van der Waals surface area (Å²) in [6.45, 7) is 2.84. The number of aliphatic hydroxyl groups excluding tert-OH is 8. The van der Waals surface area contributed by atoms with Crippen LogP contribution in [0.4, 0.5) is 0 Å². The number of nitrogens with one attached hydrogen (secondary N) is 1. The van der Waals surface area contributed by atoms with E-state index >= 15 is 0 Å². The van der Waals surface area contributed by atoms with E-state index in [1.807, 2.05) is 6.08 Å². The van der Waals surface area contributed by atoms with Crippen molar-refractivity contribution in [1.29, 1.82) is 0 Å². The molecule has 2 heterocycles. The molecule has 12 atom stereocenters. The zero-order valence-corrected chi connectivity index (χ0v) is 56.5. The van der Waals surface area contributed by atoms with E-state index in [0.717, 1.165) is 44.9 Å². The first-order chi connectivity index (χ1) is 43.1. The van der Waals surface area contributed by atoms with Crippen LogP contribution < -0.4 is 5.32 Å². The molecule has 2 aliphatic rings. The molecule has 14 nitrogen and oxygen atoms in total. The van der Waals surface area contributed by atoms with Crippen LogP contribution in [0.15, 0.2) is 36.5 Å². The van der Waals surface area contributed by atoms with Crippen LogP contribution in [0.25, 0.3) is 0 Å². The molecule has 0 radical (unpaired) electrons.